The number of halogens is 1. The molecule has 2 aromatic carbocycles. The van der Waals surface area contributed by atoms with Gasteiger partial charge < -0.3 is 0 Å². The molecule has 3 rings (SSSR count). The number of nitrogens with zero attached hydrogens (tertiary/aromatic N) is 3. The molecule has 0 bridgehead atoms. The van der Waals surface area contributed by atoms with Gasteiger partial charge in [-0.25, -0.2) is 4.68 Å². The number of hydrogen-bond acceptors (Lipinski definition) is 2. The molecule has 0 aliphatic heterocycles. The molecule has 0 radical (unpaired) electrons. The molecular weight excluding hydrogens is 234 g/mol. The molecule has 4 heteroatoms. The summed E-state index contributed by atoms with van der Waals surface area (Å²) >= 11 is 5.93. The van der Waals surface area contributed by atoms with Gasteiger partial charge in [-0.05, 0) is 36.8 Å². The van der Waals surface area contributed by atoms with Gasteiger partial charge in [-0.3, -0.25) is 0 Å². The van der Waals surface area contributed by atoms with E-state index in [0.717, 1.165) is 22.3 Å². The van der Waals surface area contributed by atoms with E-state index in [-0.39, 0.29) is 0 Å². The van der Waals surface area contributed by atoms with Gasteiger partial charge >= 0.3 is 0 Å². The van der Waals surface area contributed by atoms with Crippen molar-refractivity contribution in [1.29, 1.82) is 0 Å². The maximum atomic E-state index is 5.93. The molecule has 0 aliphatic rings. The van der Waals surface area contributed by atoms with Gasteiger partial charge in [0.2, 0.25) is 0 Å². The van der Waals surface area contributed by atoms with Gasteiger partial charge in [-0.1, -0.05) is 35.0 Å². The van der Waals surface area contributed by atoms with Gasteiger partial charge in [0.1, 0.15) is 5.52 Å². The zero-order valence-corrected chi connectivity index (χ0v) is 10.0. The first-order valence-electron chi connectivity index (χ1n) is 5.33. The van der Waals surface area contributed by atoms with E-state index < -0.39 is 0 Å². The van der Waals surface area contributed by atoms with Crippen LogP contribution in [0.5, 0.6) is 0 Å². The van der Waals surface area contributed by atoms with Crippen LogP contribution in [0.4, 0.5) is 0 Å². The van der Waals surface area contributed by atoms with Crippen molar-refractivity contribution >= 4 is 22.6 Å². The minimum absolute atomic E-state index is 0.675. The lowest BCUT2D eigenvalue weighted by atomic mass is 10.2. The van der Waals surface area contributed by atoms with Crippen LogP contribution in [-0.4, -0.2) is 15.0 Å². The Labute approximate surface area is 104 Å². The molecule has 0 amide bonds. The molecule has 0 atom stereocenters. The highest BCUT2D eigenvalue weighted by Gasteiger charge is 2.08. The third-order valence-electron chi connectivity index (χ3n) is 2.75. The van der Waals surface area contributed by atoms with Crippen LogP contribution >= 0.6 is 11.6 Å². The highest BCUT2D eigenvalue weighted by Crippen LogP contribution is 2.21. The van der Waals surface area contributed by atoms with E-state index in [2.05, 4.69) is 23.3 Å². The fourth-order valence-corrected chi connectivity index (χ4v) is 2.04. The average Bonchev–Trinajstić information content (AvgIpc) is 2.72. The van der Waals surface area contributed by atoms with Crippen molar-refractivity contribution in [2.24, 2.45) is 0 Å². The standard InChI is InChI=1S/C13H10ClN3/c1-9-4-2-3-5-12(9)17-13-7-6-10(14)8-11(13)15-16-17/h2-8H,1H3. The van der Waals surface area contributed by atoms with E-state index in [1.54, 1.807) is 0 Å². The van der Waals surface area contributed by atoms with Crippen molar-refractivity contribution in [3.05, 3.63) is 53.1 Å². The van der Waals surface area contributed by atoms with Crippen LogP contribution in [0, 0.1) is 6.92 Å². The van der Waals surface area contributed by atoms with Gasteiger partial charge in [0.05, 0.1) is 11.2 Å². The quantitative estimate of drug-likeness (QED) is 0.656. The molecule has 84 valence electrons. The SMILES string of the molecule is Cc1ccccc1-n1nnc2cc(Cl)ccc21. The summed E-state index contributed by atoms with van der Waals surface area (Å²) in [5.74, 6) is 0. The molecule has 1 aromatic heterocycles. The average molecular weight is 244 g/mol. The van der Waals surface area contributed by atoms with E-state index in [9.17, 15) is 0 Å². The maximum absolute atomic E-state index is 5.93. The summed E-state index contributed by atoms with van der Waals surface area (Å²) in [6.45, 7) is 2.05. The minimum Gasteiger partial charge on any atom is -0.213 e. The van der Waals surface area contributed by atoms with Crippen LogP contribution in [0.3, 0.4) is 0 Å². The molecule has 0 saturated carbocycles. The molecule has 3 aromatic rings. The molecule has 0 aliphatic carbocycles. The second-order valence-electron chi connectivity index (χ2n) is 3.92. The molecule has 0 N–H and O–H groups in total. The van der Waals surface area contributed by atoms with Crippen LogP contribution in [0.15, 0.2) is 42.5 Å². The molecule has 1 heterocycles. The lowest BCUT2D eigenvalue weighted by Gasteiger charge is -2.05. The highest BCUT2D eigenvalue weighted by atomic mass is 35.5. The van der Waals surface area contributed by atoms with Crippen molar-refractivity contribution in [2.45, 2.75) is 6.92 Å². The molecule has 17 heavy (non-hydrogen) atoms. The number of aryl methyl sites for hydroxylation is 1. The second-order valence-corrected chi connectivity index (χ2v) is 4.36. The smallest absolute Gasteiger partial charge is 0.115 e. The Morgan fingerprint density at radius 3 is 2.76 bits per heavy atom. The van der Waals surface area contributed by atoms with E-state index in [4.69, 9.17) is 11.6 Å². The van der Waals surface area contributed by atoms with Gasteiger partial charge in [0.25, 0.3) is 0 Å². The summed E-state index contributed by atoms with van der Waals surface area (Å²) in [4.78, 5) is 0. The molecule has 0 unspecified atom stereocenters. The van der Waals surface area contributed by atoms with Crippen LogP contribution in [-0.2, 0) is 0 Å². The summed E-state index contributed by atoms with van der Waals surface area (Å²) in [6.07, 6.45) is 0. The van der Waals surface area contributed by atoms with E-state index in [0.29, 0.717) is 5.02 Å². The first-order valence-corrected chi connectivity index (χ1v) is 5.70. The monoisotopic (exact) mass is 243 g/mol. The second kappa shape index (κ2) is 3.86. The van der Waals surface area contributed by atoms with Crippen LogP contribution in [0.1, 0.15) is 5.56 Å². The zero-order valence-electron chi connectivity index (χ0n) is 9.26. The summed E-state index contributed by atoms with van der Waals surface area (Å²) in [5.41, 5.74) is 3.97. The molecular formula is C13H10ClN3. The fourth-order valence-electron chi connectivity index (χ4n) is 1.88. The van der Waals surface area contributed by atoms with E-state index in [1.165, 1.54) is 0 Å². The lowest BCUT2D eigenvalue weighted by molar-refractivity contribution is 0.819. The van der Waals surface area contributed by atoms with Crippen molar-refractivity contribution in [3.63, 3.8) is 0 Å². The fraction of sp³-hybridized carbons (Fsp3) is 0.0769. The Morgan fingerprint density at radius 1 is 1.12 bits per heavy atom. The summed E-state index contributed by atoms with van der Waals surface area (Å²) in [6, 6.07) is 13.7. The highest BCUT2D eigenvalue weighted by molar-refractivity contribution is 6.31. The molecule has 0 spiro atoms. The largest absolute Gasteiger partial charge is 0.213 e. The third-order valence-corrected chi connectivity index (χ3v) is 2.99. The molecule has 0 fully saturated rings. The maximum Gasteiger partial charge on any atom is 0.115 e. The van der Waals surface area contributed by atoms with E-state index in [1.807, 2.05) is 41.1 Å². The van der Waals surface area contributed by atoms with Gasteiger partial charge in [-0.2, -0.15) is 0 Å². The molecule has 0 saturated heterocycles. The zero-order chi connectivity index (χ0) is 11.8. The number of fused-ring (bicyclic) bond motifs is 1. The van der Waals surface area contributed by atoms with Crippen molar-refractivity contribution < 1.29 is 0 Å². The lowest BCUT2D eigenvalue weighted by Crippen LogP contribution is -1.98. The minimum atomic E-state index is 0.675. The van der Waals surface area contributed by atoms with Crippen LogP contribution in [0.2, 0.25) is 5.02 Å². The van der Waals surface area contributed by atoms with Gasteiger partial charge in [-0.15, -0.1) is 5.10 Å². The summed E-state index contributed by atoms with van der Waals surface area (Å²) < 4.78 is 1.83. The first-order chi connectivity index (χ1) is 8.25. The Bertz CT molecular complexity index is 688. The van der Waals surface area contributed by atoms with Crippen molar-refractivity contribution in [3.8, 4) is 5.69 Å². The molecule has 3 nitrogen and oxygen atoms in total. The van der Waals surface area contributed by atoms with Crippen molar-refractivity contribution in [1.82, 2.24) is 15.0 Å². The Morgan fingerprint density at radius 2 is 1.94 bits per heavy atom. The predicted molar refractivity (Wildman–Crippen MR) is 68.6 cm³/mol. The normalized spacial score (nSPS) is 10.9. The Hall–Kier alpha value is -1.87. The third kappa shape index (κ3) is 1.68. The number of rotatable bonds is 1. The number of para-hydroxylation sites is 1. The Kier molecular flexibility index (Phi) is 2.34. The van der Waals surface area contributed by atoms with Crippen LogP contribution in [0.25, 0.3) is 16.7 Å². The Balaban J connectivity index is 2.29. The number of aromatic nitrogens is 3. The topological polar surface area (TPSA) is 30.7 Å². The van der Waals surface area contributed by atoms with Crippen LogP contribution < -0.4 is 0 Å². The number of benzene rings is 2. The summed E-state index contributed by atoms with van der Waals surface area (Å²) in [5, 5.41) is 8.98. The van der Waals surface area contributed by atoms with E-state index >= 15 is 0 Å². The van der Waals surface area contributed by atoms with Crippen molar-refractivity contribution in [2.75, 3.05) is 0 Å². The predicted octanol–water partition coefficient (Wildman–Crippen LogP) is 3.38. The number of hydrogen-bond donors (Lipinski definition) is 0. The summed E-state index contributed by atoms with van der Waals surface area (Å²) in [7, 11) is 0. The van der Waals surface area contributed by atoms with Gasteiger partial charge in [0, 0.05) is 5.02 Å². The first kappa shape index (κ1) is 10.3. The van der Waals surface area contributed by atoms with Gasteiger partial charge in [0.15, 0.2) is 0 Å².